The summed E-state index contributed by atoms with van der Waals surface area (Å²) in [4.78, 5) is 0. The molecule has 0 aliphatic carbocycles. The van der Waals surface area contributed by atoms with Crippen molar-refractivity contribution >= 4 is 47.8 Å². The van der Waals surface area contributed by atoms with Crippen molar-refractivity contribution in [3.63, 3.8) is 0 Å². The molecular formula is C7H3Br3F2. The maximum Gasteiger partial charge on any atom is 0.266 e. The molecule has 0 bridgehead atoms. The Morgan fingerprint density at radius 2 is 1.50 bits per heavy atom. The highest BCUT2D eigenvalue weighted by molar-refractivity contribution is 9.13. The molecule has 12 heavy (non-hydrogen) atoms. The van der Waals surface area contributed by atoms with Crippen LogP contribution < -0.4 is 0 Å². The molecule has 0 fully saturated rings. The number of benzene rings is 1. The van der Waals surface area contributed by atoms with Gasteiger partial charge in [-0.2, -0.15) is 0 Å². The van der Waals surface area contributed by atoms with E-state index in [0.29, 0.717) is 13.4 Å². The molecule has 0 aliphatic heterocycles. The average molecular weight is 365 g/mol. The molecule has 66 valence electrons. The van der Waals surface area contributed by atoms with Crippen molar-refractivity contribution in [1.82, 2.24) is 0 Å². The summed E-state index contributed by atoms with van der Waals surface area (Å²) in [5, 5.41) is 0. The Bertz CT molecular complexity index is 299. The van der Waals surface area contributed by atoms with Crippen LogP contribution >= 0.6 is 47.8 Å². The molecule has 0 atom stereocenters. The van der Waals surface area contributed by atoms with Gasteiger partial charge in [0.25, 0.3) is 6.43 Å². The first-order chi connectivity index (χ1) is 5.54. The zero-order chi connectivity index (χ0) is 9.30. The SMILES string of the molecule is FC(F)c1c(Br)ccc(Br)c1Br. The molecule has 0 unspecified atom stereocenters. The van der Waals surface area contributed by atoms with Crippen molar-refractivity contribution in [3.05, 3.63) is 31.1 Å². The van der Waals surface area contributed by atoms with Crippen LogP contribution in [0.25, 0.3) is 0 Å². The van der Waals surface area contributed by atoms with Crippen LogP contribution in [-0.2, 0) is 0 Å². The summed E-state index contributed by atoms with van der Waals surface area (Å²) in [6.07, 6.45) is -2.48. The van der Waals surface area contributed by atoms with Crippen LogP contribution in [0, 0.1) is 0 Å². The molecule has 0 saturated heterocycles. The minimum absolute atomic E-state index is 0.0237. The third-order valence-electron chi connectivity index (χ3n) is 1.30. The smallest absolute Gasteiger partial charge is 0.205 e. The van der Waals surface area contributed by atoms with Crippen LogP contribution in [0.15, 0.2) is 25.6 Å². The molecule has 0 N–H and O–H groups in total. The van der Waals surface area contributed by atoms with E-state index in [0.717, 1.165) is 0 Å². The molecule has 0 heterocycles. The third kappa shape index (κ3) is 2.06. The standard InChI is InChI=1S/C7H3Br3F2/c8-3-1-2-4(9)6(10)5(3)7(11)12/h1-2,7H. The summed E-state index contributed by atoms with van der Waals surface area (Å²) in [5.41, 5.74) is -0.0237. The maximum absolute atomic E-state index is 12.4. The number of alkyl halides is 2. The molecule has 1 rings (SSSR count). The minimum atomic E-state index is -2.48. The van der Waals surface area contributed by atoms with E-state index >= 15 is 0 Å². The number of halogens is 5. The van der Waals surface area contributed by atoms with Crippen LogP contribution in [0.3, 0.4) is 0 Å². The van der Waals surface area contributed by atoms with Crippen LogP contribution in [-0.4, -0.2) is 0 Å². The first-order valence-corrected chi connectivity index (χ1v) is 5.33. The van der Waals surface area contributed by atoms with E-state index < -0.39 is 6.43 Å². The first-order valence-electron chi connectivity index (χ1n) is 2.95. The topological polar surface area (TPSA) is 0 Å². The van der Waals surface area contributed by atoms with Gasteiger partial charge in [-0.15, -0.1) is 0 Å². The lowest BCUT2D eigenvalue weighted by Crippen LogP contribution is -1.88. The fourth-order valence-corrected chi connectivity index (χ4v) is 2.38. The lowest BCUT2D eigenvalue weighted by Gasteiger charge is -2.07. The zero-order valence-electron chi connectivity index (χ0n) is 5.62. The molecule has 0 spiro atoms. The van der Waals surface area contributed by atoms with E-state index in [4.69, 9.17) is 0 Å². The van der Waals surface area contributed by atoms with E-state index in [1.807, 2.05) is 0 Å². The highest BCUT2D eigenvalue weighted by atomic mass is 79.9. The van der Waals surface area contributed by atoms with Crippen molar-refractivity contribution in [1.29, 1.82) is 0 Å². The van der Waals surface area contributed by atoms with Gasteiger partial charge in [0, 0.05) is 19.0 Å². The lowest BCUT2D eigenvalue weighted by atomic mass is 10.2. The fraction of sp³-hybridized carbons (Fsp3) is 0.143. The van der Waals surface area contributed by atoms with Gasteiger partial charge in [0.2, 0.25) is 0 Å². The second kappa shape index (κ2) is 4.15. The Hall–Kier alpha value is 0.520. The van der Waals surface area contributed by atoms with Crippen LogP contribution in [0.1, 0.15) is 12.0 Å². The third-order valence-corrected chi connectivity index (χ3v) is 4.04. The predicted octanol–water partition coefficient (Wildman–Crippen LogP) is 4.91. The van der Waals surface area contributed by atoms with Crippen LogP contribution in [0.5, 0.6) is 0 Å². The van der Waals surface area contributed by atoms with E-state index in [2.05, 4.69) is 47.8 Å². The zero-order valence-corrected chi connectivity index (χ0v) is 10.4. The minimum Gasteiger partial charge on any atom is -0.205 e. The molecule has 1 aromatic rings. The number of hydrogen-bond acceptors (Lipinski definition) is 0. The normalized spacial score (nSPS) is 10.8. The molecule has 0 nitrogen and oxygen atoms in total. The van der Waals surface area contributed by atoms with Crippen molar-refractivity contribution < 1.29 is 8.78 Å². The van der Waals surface area contributed by atoms with Gasteiger partial charge in [-0.1, -0.05) is 15.9 Å². The highest BCUT2D eigenvalue weighted by Gasteiger charge is 2.17. The summed E-state index contributed by atoms with van der Waals surface area (Å²) in [5.74, 6) is 0. The second-order valence-electron chi connectivity index (χ2n) is 2.06. The summed E-state index contributed by atoms with van der Waals surface area (Å²) in [7, 11) is 0. The Labute approximate surface area is 93.7 Å². The molecular weight excluding hydrogens is 362 g/mol. The summed E-state index contributed by atoms with van der Waals surface area (Å²) >= 11 is 9.27. The van der Waals surface area contributed by atoms with Gasteiger partial charge < -0.3 is 0 Å². The van der Waals surface area contributed by atoms with E-state index in [9.17, 15) is 8.78 Å². The summed E-state index contributed by atoms with van der Waals surface area (Å²) < 4.78 is 26.2. The highest BCUT2D eigenvalue weighted by Crippen LogP contribution is 2.38. The van der Waals surface area contributed by atoms with Gasteiger partial charge in [0.15, 0.2) is 0 Å². The van der Waals surface area contributed by atoms with Crippen LogP contribution in [0.2, 0.25) is 0 Å². The molecule has 0 amide bonds. The summed E-state index contributed by atoms with van der Waals surface area (Å²) in [6.45, 7) is 0. The number of hydrogen-bond donors (Lipinski definition) is 0. The first kappa shape index (κ1) is 10.6. The van der Waals surface area contributed by atoms with Crippen LogP contribution in [0.4, 0.5) is 8.78 Å². The predicted molar refractivity (Wildman–Crippen MR) is 54.5 cm³/mol. The van der Waals surface area contributed by atoms with Gasteiger partial charge in [-0.3, -0.25) is 0 Å². The van der Waals surface area contributed by atoms with Crippen molar-refractivity contribution in [2.24, 2.45) is 0 Å². The largest absolute Gasteiger partial charge is 0.266 e. The summed E-state index contributed by atoms with van der Waals surface area (Å²) in [6, 6.07) is 3.27. The Morgan fingerprint density at radius 1 is 1.00 bits per heavy atom. The van der Waals surface area contributed by atoms with Gasteiger partial charge in [-0.25, -0.2) is 8.78 Å². The quantitative estimate of drug-likeness (QED) is 0.621. The monoisotopic (exact) mass is 362 g/mol. The van der Waals surface area contributed by atoms with E-state index in [-0.39, 0.29) is 5.56 Å². The van der Waals surface area contributed by atoms with Gasteiger partial charge in [0.1, 0.15) is 0 Å². The molecule has 0 aliphatic rings. The molecule has 0 aromatic heterocycles. The van der Waals surface area contributed by atoms with Crippen molar-refractivity contribution in [2.45, 2.75) is 6.43 Å². The lowest BCUT2D eigenvalue weighted by molar-refractivity contribution is 0.149. The van der Waals surface area contributed by atoms with Gasteiger partial charge >= 0.3 is 0 Å². The van der Waals surface area contributed by atoms with Gasteiger partial charge in [-0.05, 0) is 44.0 Å². The Morgan fingerprint density at radius 3 is 1.92 bits per heavy atom. The number of rotatable bonds is 1. The molecule has 5 heteroatoms. The van der Waals surface area contributed by atoms with Crippen molar-refractivity contribution in [3.8, 4) is 0 Å². The molecule has 0 radical (unpaired) electrons. The van der Waals surface area contributed by atoms with Crippen molar-refractivity contribution in [2.75, 3.05) is 0 Å². The second-order valence-corrected chi connectivity index (χ2v) is 4.56. The molecule has 0 saturated carbocycles. The Balaban J connectivity index is 3.33. The van der Waals surface area contributed by atoms with E-state index in [1.165, 1.54) is 0 Å². The fourth-order valence-electron chi connectivity index (χ4n) is 0.743. The maximum atomic E-state index is 12.4. The average Bonchev–Trinajstić information content (AvgIpc) is 1.97. The van der Waals surface area contributed by atoms with Gasteiger partial charge in [0.05, 0.1) is 0 Å². The van der Waals surface area contributed by atoms with E-state index in [1.54, 1.807) is 12.1 Å². The molecule has 1 aromatic carbocycles. The Kier molecular flexibility index (Phi) is 3.67.